The lowest BCUT2D eigenvalue weighted by Gasteiger charge is -2.09. The molecule has 0 bridgehead atoms. The van der Waals surface area contributed by atoms with Crippen LogP contribution in [0, 0.1) is 17.9 Å². The Balaban J connectivity index is 1.67. The third-order valence-electron chi connectivity index (χ3n) is 6.86. The molecule has 0 saturated heterocycles. The molecule has 0 radical (unpaired) electrons. The molecule has 0 aliphatic rings. The first-order valence-electron chi connectivity index (χ1n) is 11.6. The summed E-state index contributed by atoms with van der Waals surface area (Å²) in [5.74, 6) is 0. The van der Waals surface area contributed by atoms with Crippen molar-refractivity contribution in [2.24, 2.45) is 0 Å². The molecule has 166 valence electrons. The summed E-state index contributed by atoms with van der Waals surface area (Å²) >= 11 is 0. The normalized spacial score (nSPS) is 11.3. The number of nitriles is 1. The van der Waals surface area contributed by atoms with Gasteiger partial charge in [-0.25, -0.2) is 4.85 Å². The second kappa shape index (κ2) is 7.60. The summed E-state index contributed by atoms with van der Waals surface area (Å²) in [6.45, 7) is 7.68. The fourth-order valence-electron chi connectivity index (χ4n) is 5.33. The molecular formula is C32H17N3O. The van der Waals surface area contributed by atoms with Gasteiger partial charge in [0.25, 0.3) is 0 Å². The van der Waals surface area contributed by atoms with Crippen molar-refractivity contribution in [1.82, 2.24) is 4.57 Å². The Labute approximate surface area is 206 Å². The van der Waals surface area contributed by atoms with Crippen molar-refractivity contribution >= 4 is 49.4 Å². The van der Waals surface area contributed by atoms with Crippen LogP contribution in [0.15, 0.2) is 108 Å². The number of benzene rings is 5. The molecule has 7 rings (SSSR count). The van der Waals surface area contributed by atoms with Gasteiger partial charge in [0.15, 0.2) is 5.69 Å². The summed E-state index contributed by atoms with van der Waals surface area (Å²) in [5, 5.41) is 14.0. The molecular weight excluding hydrogens is 442 g/mol. The van der Waals surface area contributed by atoms with Crippen LogP contribution in [0.5, 0.6) is 0 Å². The standard InChI is InChI=1S/C32H17N3O/c1-34-26-12-7-8-21(19-33)30(26)20-14-16-27-25(18-20)31-28(35(27)22-9-3-2-4-10-22)17-15-24-23-11-5-6-13-29(23)36-32(24)31/h2-18H. The van der Waals surface area contributed by atoms with Crippen LogP contribution in [0.1, 0.15) is 5.56 Å². The molecule has 2 aromatic heterocycles. The summed E-state index contributed by atoms with van der Waals surface area (Å²) in [5.41, 5.74) is 7.27. The molecule has 0 fully saturated rings. The Hall–Kier alpha value is -5.32. The molecule has 4 nitrogen and oxygen atoms in total. The molecule has 0 amide bonds. The van der Waals surface area contributed by atoms with Crippen LogP contribution >= 0.6 is 0 Å². The van der Waals surface area contributed by atoms with Crippen LogP contribution in [0.25, 0.3) is 65.4 Å². The molecule has 0 atom stereocenters. The second-order valence-corrected chi connectivity index (χ2v) is 8.76. The SMILES string of the molecule is [C-]#[N+]c1cccc(C#N)c1-c1ccc2c(c1)c1c3oc4ccccc4c3ccc1n2-c1ccccc1. The fraction of sp³-hybridized carbons (Fsp3) is 0. The van der Waals surface area contributed by atoms with Gasteiger partial charge < -0.3 is 8.98 Å². The van der Waals surface area contributed by atoms with Crippen molar-refractivity contribution in [1.29, 1.82) is 5.26 Å². The predicted molar refractivity (Wildman–Crippen MR) is 144 cm³/mol. The predicted octanol–water partition coefficient (Wildman–Crippen LogP) is 8.77. The quantitative estimate of drug-likeness (QED) is 0.243. The minimum Gasteiger partial charge on any atom is -0.455 e. The molecule has 0 unspecified atom stereocenters. The van der Waals surface area contributed by atoms with E-state index in [4.69, 9.17) is 11.0 Å². The third-order valence-corrected chi connectivity index (χ3v) is 6.86. The minimum atomic E-state index is 0.467. The molecule has 0 aliphatic heterocycles. The van der Waals surface area contributed by atoms with Gasteiger partial charge in [-0.1, -0.05) is 54.6 Å². The Morgan fingerprint density at radius 3 is 2.39 bits per heavy atom. The molecule has 4 heteroatoms. The van der Waals surface area contributed by atoms with Crippen molar-refractivity contribution in [3.8, 4) is 22.9 Å². The Morgan fingerprint density at radius 2 is 1.56 bits per heavy atom. The summed E-state index contributed by atoms with van der Waals surface area (Å²) in [4.78, 5) is 3.70. The van der Waals surface area contributed by atoms with E-state index in [0.29, 0.717) is 16.8 Å². The van der Waals surface area contributed by atoms with Gasteiger partial charge in [0, 0.05) is 33.0 Å². The average molecular weight is 460 g/mol. The topological polar surface area (TPSA) is 46.2 Å². The highest BCUT2D eigenvalue weighted by molar-refractivity contribution is 6.24. The van der Waals surface area contributed by atoms with E-state index in [9.17, 15) is 5.26 Å². The average Bonchev–Trinajstić information content (AvgIpc) is 3.48. The summed E-state index contributed by atoms with van der Waals surface area (Å²) < 4.78 is 8.69. The van der Waals surface area contributed by atoms with E-state index < -0.39 is 0 Å². The van der Waals surface area contributed by atoms with Crippen LogP contribution in [-0.4, -0.2) is 4.57 Å². The van der Waals surface area contributed by atoms with Crippen molar-refractivity contribution in [2.75, 3.05) is 0 Å². The maximum absolute atomic E-state index is 9.79. The van der Waals surface area contributed by atoms with Crippen molar-refractivity contribution < 1.29 is 4.42 Å². The van der Waals surface area contributed by atoms with Gasteiger partial charge >= 0.3 is 0 Å². The number of para-hydroxylation sites is 2. The summed E-state index contributed by atoms with van der Waals surface area (Å²) in [6, 6.07) is 36.4. The number of aromatic nitrogens is 1. The molecule has 0 N–H and O–H groups in total. The van der Waals surface area contributed by atoms with E-state index in [1.54, 1.807) is 18.2 Å². The monoisotopic (exact) mass is 459 g/mol. The van der Waals surface area contributed by atoms with Gasteiger partial charge in [0.05, 0.1) is 29.1 Å². The largest absolute Gasteiger partial charge is 0.455 e. The number of hydrogen-bond donors (Lipinski definition) is 0. The van der Waals surface area contributed by atoms with Crippen LogP contribution in [0.3, 0.4) is 0 Å². The van der Waals surface area contributed by atoms with Gasteiger partial charge in [-0.2, -0.15) is 5.26 Å². The van der Waals surface area contributed by atoms with Crippen LogP contribution < -0.4 is 0 Å². The Morgan fingerprint density at radius 1 is 0.750 bits per heavy atom. The van der Waals surface area contributed by atoms with E-state index >= 15 is 0 Å². The minimum absolute atomic E-state index is 0.467. The number of furan rings is 1. The zero-order valence-corrected chi connectivity index (χ0v) is 19.1. The number of fused-ring (bicyclic) bond motifs is 7. The smallest absolute Gasteiger partial charge is 0.196 e. The molecule has 0 saturated carbocycles. The number of rotatable bonds is 2. The molecule has 7 aromatic rings. The van der Waals surface area contributed by atoms with Gasteiger partial charge in [0.2, 0.25) is 0 Å². The highest BCUT2D eigenvalue weighted by atomic mass is 16.3. The highest BCUT2D eigenvalue weighted by Gasteiger charge is 2.20. The van der Waals surface area contributed by atoms with E-state index in [0.717, 1.165) is 55.0 Å². The maximum Gasteiger partial charge on any atom is 0.196 e. The zero-order valence-electron chi connectivity index (χ0n) is 19.1. The molecule has 2 heterocycles. The van der Waals surface area contributed by atoms with Gasteiger partial charge in [-0.15, -0.1) is 0 Å². The maximum atomic E-state index is 9.79. The molecule has 0 aliphatic carbocycles. The summed E-state index contributed by atoms with van der Waals surface area (Å²) in [7, 11) is 0. The first-order chi connectivity index (χ1) is 17.8. The number of nitrogens with zero attached hydrogens (tertiary/aromatic N) is 3. The van der Waals surface area contributed by atoms with E-state index in [1.165, 1.54) is 0 Å². The first kappa shape index (κ1) is 20.1. The van der Waals surface area contributed by atoms with E-state index in [-0.39, 0.29) is 0 Å². The van der Waals surface area contributed by atoms with Crippen molar-refractivity contribution in [3.63, 3.8) is 0 Å². The van der Waals surface area contributed by atoms with E-state index in [2.05, 4.69) is 57.9 Å². The second-order valence-electron chi connectivity index (χ2n) is 8.76. The molecule has 0 spiro atoms. The Bertz CT molecular complexity index is 2030. The zero-order chi connectivity index (χ0) is 24.2. The van der Waals surface area contributed by atoms with Gasteiger partial charge in [0.1, 0.15) is 11.2 Å². The van der Waals surface area contributed by atoms with E-state index in [1.807, 2.05) is 42.5 Å². The number of hydrogen-bond acceptors (Lipinski definition) is 2. The van der Waals surface area contributed by atoms with Crippen molar-refractivity contribution in [3.05, 3.63) is 120 Å². The third kappa shape index (κ3) is 2.73. The van der Waals surface area contributed by atoms with Crippen LogP contribution in [-0.2, 0) is 0 Å². The molecule has 5 aromatic carbocycles. The van der Waals surface area contributed by atoms with Crippen LogP contribution in [0.4, 0.5) is 5.69 Å². The highest BCUT2D eigenvalue weighted by Crippen LogP contribution is 2.43. The lowest BCUT2D eigenvalue weighted by Crippen LogP contribution is -1.93. The molecule has 36 heavy (non-hydrogen) atoms. The fourth-order valence-corrected chi connectivity index (χ4v) is 5.33. The van der Waals surface area contributed by atoms with Crippen molar-refractivity contribution in [2.45, 2.75) is 0 Å². The Kier molecular flexibility index (Phi) is 4.24. The van der Waals surface area contributed by atoms with Gasteiger partial charge in [-0.05, 0) is 54.1 Å². The first-order valence-corrected chi connectivity index (χ1v) is 11.6. The van der Waals surface area contributed by atoms with Gasteiger partial charge in [-0.3, -0.25) is 0 Å². The summed E-state index contributed by atoms with van der Waals surface area (Å²) in [6.07, 6.45) is 0. The lowest BCUT2D eigenvalue weighted by molar-refractivity contribution is 0.673. The lowest BCUT2D eigenvalue weighted by atomic mass is 9.96. The van der Waals surface area contributed by atoms with Crippen LogP contribution in [0.2, 0.25) is 0 Å².